The van der Waals surface area contributed by atoms with Crippen LogP contribution in [0.15, 0.2) is 0 Å². The standard InChI is InChI=1S/C10H16N2O10.4Na/c13-5(9(19)20)3(7(15)16)11-1-2-12-4(8(17)18)6(14)10(21)22;;;;/h3-6,11-14H,1-2H2,(H,15,16)(H,17,18)(H,19,20)(H,21,22);;;;/q;4*+1/p-4. The Balaban J connectivity index is -0.000000367. The average Bonchev–Trinajstić information content (AvgIpc) is 2.40. The topological polar surface area (TPSA) is 225 Å². The maximum absolute atomic E-state index is 10.6. The Bertz CT molecular complexity index is 416. The summed E-state index contributed by atoms with van der Waals surface area (Å²) in [5, 5.41) is 63.9. The fraction of sp³-hybridized carbons (Fsp3) is 0.600. The molecule has 0 aliphatic carbocycles. The van der Waals surface area contributed by atoms with Gasteiger partial charge >= 0.3 is 118 Å². The van der Waals surface area contributed by atoms with Crippen LogP contribution in [0.3, 0.4) is 0 Å². The number of aliphatic hydroxyl groups excluding tert-OH is 2. The predicted octanol–water partition coefficient (Wildman–Crippen LogP) is -21.4. The van der Waals surface area contributed by atoms with E-state index < -0.39 is 61.3 Å². The molecule has 126 valence electrons. The molecule has 4 unspecified atom stereocenters. The first-order valence-electron chi connectivity index (χ1n) is 5.76. The van der Waals surface area contributed by atoms with Crippen LogP contribution in [-0.2, 0) is 19.2 Å². The van der Waals surface area contributed by atoms with E-state index in [-0.39, 0.29) is 118 Å². The Morgan fingerprint density at radius 3 is 1.00 bits per heavy atom. The zero-order chi connectivity index (χ0) is 17.4. The van der Waals surface area contributed by atoms with Gasteiger partial charge in [-0.3, -0.25) is 0 Å². The van der Waals surface area contributed by atoms with E-state index in [2.05, 4.69) is 0 Å². The smallest absolute Gasteiger partial charge is 0.548 e. The quantitative estimate of drug-likeness (QED) is 0.183. The maximum Gasteiger partial charge on any atom is 1.00 e. The van der Waals surface area contributed by atoms with Crippen LogP contribution < -0.4 is 149 Å². The molecule has 0 aromatic carbocycles. The molecular formula is C10H12N2Na4O10. The second-order valence-corrected chi connectivity index (χ2v) is 4.03. The van der Waals surface area contributed by atoms with Gasteiger partial charge in [0.1, 0.15) is 12.2 Å². The van der Waals surface area contributed by atoms with E-state index in [1.807, 2.05) is 10.6 Å². The third-order valence-corrected chi connectivity index (χ3v) is 2.48. The molecule has 0 saturated heterocycles. The van der Waals surface area contributed by atoms with Gasteiger partial charge in [-0.25, -0.2) is 0 Å². The summed E-state index contributed by atoms with van der Waals surface area (Å²) in [5.41, 5.74) is 0. The van der Waals surface area contributed by atoms with Crippen LogP contribution in [0.2, 0.25) is 0 Å². The summed E-state index contributed by atoms with van der Waals surface area (Å²) in [4.78, 5) is 41.9. The second-order valence-electron chi connectivity index (χ2n) is 4.03. The monoisotopic (exact) mass is 412 g/mol. The van der Waals surface area contributed by atoms with Gasteiger partial charge in [-0.1, -0.05) is 0 Å². The summed E-state index contributed by atoms with van der Waals surface area (Å²) in [7, 11) is 0. The summed E-state index contributed by atoms with van der Waals surface area (Å²) in [6.45, 7) is -0.848. The maximum atomic E-state index is 10.6. The van der Waals surface area contributed by atoms with Gasteiger partial charge in [-0.15, -0.1) is 0 Å². The van der Waals surface area contributed by atoms with Gasteiger partial charge in [0.05, 0.1) is 36.0 Å². The van der Waals surface area contributed by atoms with Crippen LogP contribution in [0.25, 0.3) is 0 Å². The summed E-state index contributed by atoms with van der Waals surface area (Å²) < 4.78 is 0. The van der Waals surface area contributed by atoms with Crippen molar-refractivity contribution >= 4 is 23.9 Å². The molecule has 0 heterocycles. The molecule has 16 heteroatoms. The predicted molar refractivity (Wildman–Crippen MR) is 55.6 cm³/mol. The summed E-state index contributed by atoms with van der Waals surface area (Å²) in [5.74, 6) is -8.06. The molecule has 0 fully saturated rings. The number of hydrogen-bond acceptors (Lipinski definition) is 12. The second kappa shape index (κ2) is 20.0. The fourth-order valence-electron chi connectivity index (χ4n) is 1.38. The Morgan fingerprint density at radius 1 is 0.615 bits per heavy atom. The van der Waals surface area contributed by atoms with Gasteiger partial charge in [0, 0.05) is 13.1 Å². The molecule has 4 atom stereocenters. The largest absolute Gasteiger partial charge is 1.00 e. The molecule has 0 radical (unpaired) electrons. The molecule has 4 N–H and O–H groups in total. The summed E-state index contributed by atoms with van der Waals surface area (Å²) >= 11 is 0. The number of carbonyl (C=O) groups excluding carboxylic acids is 4. The minimum Gasteiger partial charge on any atom is -0.548 e. The zero-order valence-corrected chi connectivity index (χ0v) is 22.9. The van der Waals surface area contributed by atoms with Crippen LogP contribution >= 0.6 is 0 Å². The normalized spacial score (nSPS) is 13.8. The van der Waals surface area contributed by atoms with Crippen molar-refractivity contribution in [1.82, 2.24) is 10.6 Å². The molecular weight excluding hydrogens is 400 g/mol. The van der Waals surface area contributed by atoms with Crippen LogP contribution in [0.4, 0.5) is 0 Å². The number of carboxylic acids is 4. The van der Waals surface area contributed by atoms with Gasteiger partial charge in [-0.2, -0.15) is 0 Å². The van der Waals surface area contributed by atoms with Gasteiger partial charge in [-0.05, 0) is 0 Å². The Labute approximate surface area is 236 Å². The summed E-state index contributed by atoms with van der Waals surface area (Å²) in [6, 6.07) is -4.08. The fourth-order valence-corrected chi connectivity index (χ4v) is 1.38. The van der Waals surface area contributed by atoms with E-state index >= 15 is 0 Å². The van der Waals surface area contributed by atoms with E-state index in [1.165, 1.54) is 0 Å². The van der Waals surface area contributed by atoms with Crippen LogP contribution in [0.1, 0.15) is 0 Å². The van der Waals surface area contributed by atoms with Crippen molar-refractivity contribution in [2.24, 2.45) is 0 Å². The molecule has 0 saturated carbocycles. The third kappa shape index (κ3) is 14.7. The first kappa shape index (κ1) is 38.3. The molecule has 0 aliphatic rings. The van der Waals surface area contributed by atoms with Crippen LogP contribution in [0, 0.1) is 0 Å². The van der Waals surface area contributed by atoms with Gasteiger partial charge in [0.2, 0.25) is 0 Å². The van der Waals surface area contributed by atoms with Crippen molar-refractivity contribution in [2.45, 2.75) is 24.3 Å². The Hall–Kier alpha value is 1.72. The van der Waals surface area contributed by atoms with E-state index in [1.54, 1.807) is 0 Å². The van der Waals surface area contributed by atoms with E-state index in [0.717, 1.165) is 0 Å². The SMILES string of the molecule is O=C([O-])C(O)C(NCCNC(C(=O)[O-])C(O)C(=O)[O-])C(=O)[O-].[Na+].[Na+].[Na+].[Na+]. The number of carboxylic acid groups (broad SMARTS) is 4. The van der Waals surface area contributed by atoms with Gasteiger partial charge in [0.15, 0.2) is 0 Å². The average molecular weight is 412 g/mol. The Morgan fingerprint density at radius 2 is 0.846 bits per heavy atom. The number of hydrogen-bond donors (Lipinski definition) is 4. The third-order valence-electron chi connectivity index (χ3n) is 2.48. The summed E-state index contributed by atoms with van der Waals surface area (Å²) in [6.07, 6.45) is -4.84. The number of nitrogens with one attached hydrogen (secondary N) is 2. The minimum absolute atomic E-state index is 0. The van der Waals surface area contributed by atoms with Crippen molar-refractivity contribution in [2.75, 3.05) is 13.1 Å². The number of rotatable bonds is 11. The molecule has 12 nitrogen and oxygen atoms in total. The molecule has 0 rings (SSSR count). The van der Waals surface area contributed by atoms with Crippen molar-refractivity contribution in [3.63, 3.8) is 0 Å². The molecule has 26 heavy (non-hydrogen) atoms. The van der Waals surface area contributed by atoms with E-state index in [9.17, 15) is 39.6 Å². The molecule has 0 spiro atoms. The number of aliphatic carboxylic acids is 4. The van der Waals surface area contributed by atoms with Gasteiger partial charge in [0.25, 0.3) is 0 Å². The van der Waals surface area contributed by atoms with Gasteiger partial charge < -0.3 is 60.5 Å². The van der Waals surface area contributed by atoms with Crippen LogP contribution in [0.5, 0.6) is 0 Å². The van der Waals surface area contributed by atoms with Crippen molar-refractivity contribution in [3.05, 3.63) is 0 Å². The first-order valence-corrected chi connectivity index (χ1v) is 5.76. The van der Waals surface area contributed by atoms with Crippen molar-refractivity contribution in [1.29, 1.82) is 0 Å². The Kier molecular flexibility index (Phi) is 29.5. The molecule has 0 amide bonds. The molecule has 0 aromatic heterocycles. The molecule has 0 bridgehead atoms. The number of carbonyl (C=O) groups is 4. The van der Waals surface area contributed by atoms with Crippen LogP contribution in [-0.4, -0.2) is 71.5 Å². The molecule has 0 aliphatic heterocycles. The van der Waals surface area contributed by atoms with E-state index in [0.29, 0.717) is 0 Å². The van der Waals surface area contributed by atoms with E-state index in [4.69, 9.17) is 10.2 Å². The minimum atomic E-state index is -2.42. The zero-order valence-electron chi connectivity index (χ0n) is 14.9. The van der Waals surface area contributed by atoms with Crippen molar-refractivity contribution in [3.8, 4) is 0 Å². The first-order chi connectivity index (χ1) is 10.1. The number of aliphatic hydroxyl groups is 2. The molecule has 0 aromatic rings. The van der Waals surface area contributed by atoms with Crippen molar-refractivity contribution < 1.29 is 168 Å².